The third-order valence-corrected chi connectivity index (χ3v) is 4.62. The van der Waals surface area contributed by atoms with Crippen LogP contribution in [0.2, 0.25) is 0 Å². The summed E-state index contributed by atoms with van der Waals surface area (Å²) in [7, 11) is 2.57. The first kappa shape index (κ1) is 19.6. The molecule has 0 fully saturated rings. The third kappa shape index (κ3) is 5.19. The van der Waals surface area contributed by atoms with Gasteiger partial charge in [0.15, 0.2) is 0 Å². The van der Waals surface area contributed by atoms with Crippen molar-refractivity contribution in [1.82, 2.24) is 9.97 Å². The number of carbonyl (C=O) groups excluding carboxylic acids is 1. The van der Waals surface area contributed by atoms with Crippen molar-refractivity contribution in [2.24, 2.45) is 0 Å². The molecule has 1 amide bonds. The standard InChI is InChI=1S/C23H20N5OP/c29-23(16-4-6-17(7-5-16)26-18-8-11-24-12-9-18)28-20-3-1-2-19(14-20)27-21-10-13-25-22(30)15-21/h1-15H,30H2,(H,24,26)(H,25,27)(H,28,29). The minimum Gasteiger partial charge on any atom is -0.355 e. The van der Waals surface area contributed by atoms with Gasteiger partial charge in [-0.15, -0.1) is 0 Å². The van der Waals surface area contributed by atoms with Gasteiger partial charge in [0.05, 0.1) is 5.44 Å². The van der Waals surface area contributed by atoms with E-state index >= 15 is 0 Å². The number of amides is 1. The molecule has 2 heterocycles. The summed E-state index contributed by atoms with van der Waals surface area (Å²) in [5, 5.41) is 9.52. The summed E-state index contributed by atoms with van der Waals surface area (Å²) in [4.78, 5) is 20.8. The molecule has 3 N–H and O–H groups in total. The zero-order valence-corrected chi connectivity index (χ0v) is 17.2. The maximum atomic E-state index is 12.6. The maximum Gasteiger partial charge on any atom is 0.255 e. The smallest absolute Gasteiger partial charge is 0.255 e. The van der Waals surface area contributed by atoms with Crippen LogP contribution in [-0.2, 0) is 0 Å². The van der Waals surface area contributed by atoms with Crippen LogP contribution in [0.1, 0.15) is 10.4 Å². The molecule has 148 valence electrons. The molecule has 0 aliphatic rings. The average molecular weight is 413 g/mol. The first-order chi connectivity index (χ1) is 14.7. The van der Waals surface area contributed by atoms with Crippen molar-refractivity contribution in [3.05, 3.63) is 97.0 Å². The van der Waals surface area contributed by atoms with Crippen molar-refractivity contribution >= 4 is 49.0 Å². The Bertz CT molecular complexity index is 1150. The number of nitrogens with one attached hydrogen (secondary N) is 3. The van der Waals surface area contributed by atoms with Crippen molar-refractivity contribution in [2.75, 3.05) is 16.0 Å². The van der Waals surface area contributed by atoms with Crippen LogP contribution in [0.15, 0.2) is 91.4 Å². The van der Waals surface area contributed by atoms with Crippen LogP contribution >= 0.6 is 9.24 Å². The largest absolute Gasteiger partial charge is 0.355 e. The number of carbonyl (C=O) groups is 1. The Labute approximate surface area is 177 Å². The monoisotopic (exact) mass is 413 g/mol. The second-order valence-corrected chi connectivity index (χ2v) is 7.16. The molecule has 0 saturated carbocycles. The molecule has 30 heavy (non-hydrogen) atoms. The number of nitrogens with zero attached hydrogens (tertiary/aromatic N) is 2. The van der Waals surface area contributed by atoms with Gasteiger partial charge in [0.1, 0.15) is 0 Å². The van der Waals surface area contributed by atoms with Gasteiger partial charge in [-0.05, 0) is 66.7 Å². The normalized spacial score (nSPS) is 10.3. The van der Waals surface area contributed by atoms with Crippen molar-refractivity contribution in [3.63, 3.8) is 0 Å². The minimum atomic E-state index is -0.168. The predicted octanol–water partition coefficient (Wildman–Crippen LogP) is 4.72. The summed E-state index contributed by atoms with van der Waals surface area (Å²) in [5.74, 6) is -0.168. The Hall–Kier alpha value is -3.76. The topological polar surface area (TPSA) is 78.9 Å². The Kier molecular flexibility index (Phi) is 5.97. The summed E-state index contributed by atoms with van der Waals surface area (Å²) >= 11 is 0. The van der Waals surface area contributed by atoms with Gasteiger partial charge in [0, 0.05) is 52.6 Å². The van der Waals surface area contributed by atoms with E-state index in [-0.39, 0.29) is 5.91 Å². The molecule has 6 nitrogen and oxygen atoms in total. The molecule has 0 bridgehead atoms. The summed E-state index contributed by atoms with van der Waals surface area (Å²) in [6, 6.07) is 22.5. The first-order valence-corrected chi connectivity index (χ1v) is 9.90. The summed E-state index contributed by atoms with van der Waals surface area (Å²) in [6.45, 7) is 0. The summed E-state index contributed by atoms with van der Waals surface area (Å²) in [6.07, 6.45) is 5.19. The fourth-order valence-corrected chi connectivity index (χ4v) is 3.14. The zero-order chi connectivity index (χ0) is 20.8. The predicted molar refractivity (Wildman–Crippen MR) is 125 cm³/mol. The van der Waals surface area contributed by atoms with Crippen LogP contribution in [0.5, 0.6) is 0 Å². The van der Waals surface area contributed by atoms with E-state index in [9.17, 15) is 4.79 Å². The minimum absolute atomic E-state index is 0.168. The van der Waals surface area contributed by atoms with Gasteiger partial charge in [0.25, 0.3) is 5.91 Å². The van der Waals surface area contributed by atoms with Crippen LogP contribution in [0, 0.1) is 0 Å². The van der Waals surface area contributed by atoms with Gasteiger partial charge in [-0.1, -0.05) is 15.3 Å². The third-order valence-electron chi connectivity index (χ3n) is 4.31. The molecule has 0 saturated heterocycles. The highest BCUT2D eigenvalue weighted by molar-refractivity contribution is 7.26. The Morgan fingerprint density at radius 1 is 0.700 bits per heavy atom. The molecule has 1 atom stereocenters. The lowest BCUT2D eigenvalue weighted by atomic mass is 10.1. The highest BCUT2D eigenvalue weighted by atomic mass is 31.0. The fourth-order valence-electron chi connectivity index (χ4n) is 2.88. The highest BCUT2D eigenvalue weighted by Gasteiger charge is 2.07. The SMILES string of the molecule is O=C(Nc1cccc(Nc2ccnc(P)c2)c1)c1ccc(Nc2ccncc2)cc1. The number of anilines is 5. The van der Waals surface area contributed by atoms with Gasteiger partial charge in [-0.25, -0.2) is 0 Å². The quantitative estimate of drug-likeness (QED) is 0.399. The van der Waals surface area contributed by atoms with Gasteiger partial charge >= 0.3 is 0 Å². The maximum absolute atomic E-state index is 12.6. The second kappa shape index (κ2) is 9.16. The number of hydrogen-bond acceptors (Lipinski definition) is 5. The molecule has 0 aliphatic heterocycles. The molecule has 4 rings (SSSR count). The van der Waals surface area contributed by atoms with Crippen molar-refractivity contribution < 1.29 is 4.79 Å². The summed E-state index contributed by atoms with van der Waals surface area (Å²) in [5.41, 5.74) is 5.78. The van der Waals surface area contributed by atoms with Gasteiger partial charge in [-0.2, -0.15) is 0 Å². The van der Waals surface area contributed by atoms with E-state index in [1.165, 1.54) is 0 Å². The van der Waals surface area contributed by atoms with E-state index < -0.39 is 0 Å². The second-order valence-electron chi connectivity index (χ2n) is 6.57. The molecule has 2 aromatic heterocycles. The van der Waals surface area contributed by atoms with Crippen LogP contribution < -0.4 is 21.4 Å². The van der Waals surface area contributed by atoms with Crippen LogP contribution in [0.3, 0.4) is 0 Å². The molecule has 0 aliphatic carbocycles. The number of benzene rings is 2. The lowest BCUT2D eigenvalue weighted by molar-refractivity contribution is 0.102. The number of aromatic nitrogens is 2. The molecule has 0 radical (unpaired) electrons. The van der Waals surface area contributed by atoms with Crippen LogP contribution in [0.25, 0.3) is 0 Å². The molecular weight excluding hydrogens is 393 g/mol. The Balaban J connectivity index is 1.41. The van der Waals surface area contributed by atoms with Gasteiger partial charge in [-0.3, -0.25) is 14.8 Å². The van der Waals surface area contributed by atoms with E-state index in [1.807, 2.05) is 60.7 Å². The van der Waals surface area contributed by atoms with E-state index in [0.717, 1.165) is 28.2 Å². The number of rotatable bonds is 6. The zero-order valence-electron chi connectivity index (χ0n) is 16.0. The Morgan fingerprint density at radius 2 is 1.33 bits per heavy atom. The molecule has 1 unspecified atom stereocenters. The van der Waals surface area contributed by atoms with E-state index in [2.05, 4.69) is 35.2 Å². The Morgan fingerprint density at radius 3 is 2.10 bits per heavy atom. The summed E-state index contributed by atoms with van der Waals surface area (Å²) < 4.78 is 0. The van der Waals surface area contributed by atoms with E-state index in [4.69, 9.17) is 0 Å². The highest BCUT2D eigenvalue weighted by Crippen LogP contribution is 2.21. The van der Waals surface area contributed by atoms with E-state index in [0.29, 0.717) is 11.3 Å². The van der Waals surface area contributed by atoms with Gasteiger partial charge < -0.3 is 16.0 Å². The molecular formula is C23H20N5OP. The van der Waals surface area contributed by atoms with Crippen LogP contribution in [-0.4, -0.2) is 15.9 Å². The number of pyridine rings is 2. The molecule has 2 aromatic carbocycles. The first-order valence-electron chi connectivity index (χ1n) is 9.33. The fraction of sp³-hybridized carbons (Fsp3) is 0. The van der Waals surface area contributed by atoms with Gasteiger partial charge in [0.2, 0.25) is 0 Å². The van der Waals surface area contributed by atoms with E-state index in [1.54, 1.807) is 30.7 Å². The van der Waals surface area contributed by atoms with Crippen molar-refractivity contribution in [2.45, 2.75) is 0 Å². The lowest BCUT2D eigenvalue weighted by Gasteiger charge is -2.11. The molecule has 0 spiro atoms. The van der Waals surface area contributed by atoms with Crippen molar-refractivity contribution in [3.8, 4) is 0 Å². The molecule has 7 heteroatoms. The number of hydrogen-bond donors (Lipinski definition) is 3. The lowest BCUT2D eigenvalue weighted by Crippen LogP contribution is -2.12. The van der Waals surface area contributed by atoms with Crippen LogP contribution in [0.4, 0.5) is 28.4 Å². The average Bonchev–Trinajstić information content (AvgIpc) is 2.75. The van der Waals surface area contributed by atoms with Crippen molar-refractivity contribution in [1.29, 1.82) is 0 Å². The molecule has 4 aromatic rings.